The third-order valence-electron chi connectivity index (χ3n) is 3.78. The van der Waals surface area contributed by atoms with Gasteiger partial charge in [0.1, 0.15) is 5.82 Å². The van der Waals surface area contributed by atoms with Crippen molar-refractivity contribution >= 4 is 43.2 Å². The minimum atomic E-state index is -3.71. The van der Waals surface area contributed by atoms with E-state index in [0.29, 0.717) is 12.1 Å². The summed E-state index contributed by atoms with van der Waals surface area (Å²) in [6.45, 7) is 2.04. The van der Waals surface area contributed by atoms with Crippen molar-refractivity contribution < 1.29 is 17.6 Å². The van der Waals surface area contributed by atoms with E-state index < -0.39 is 15.8 Å². The van der Waals surface area contributed by atoms with Crippen LogP contribution < -0.4 is 10.0 Å². The number of carbonyl (C=O) groups is 1. The third kappa shape index (κ3) is 5.09. The number of amides is 1. The molecule has 0 saturated carbocycles. The Morgan fingerprint density at radius 2 is 1.93 bits per heavy atom. The van der Waals surface area contributed by atoms with Gasteiger partial charge < -0.3 is 5.32 Å². The maximum absolute atomic E-state index is 12.9. The molecule has 0 radical (unpaired) electrons. The summed E-state index contributed by atoms with van der Waals surface area (Å²) in [6.07, 6.45) is 0.514. The van der Waals surface area contributed by atoms with Gasteiger partial charge in [-0.3, -0.25) is 4.79 Å². The highest BCUT2D eigenvalue weighted by Gasteiger charge is 2.13. The second kappa shape index (κ2) is 8.12. The van der Waals surface area contributed by atoms with Crippen LogP contribution in [0.3, 0.4) is 0 Å². The molecule has 27 heavy (non-hydrogen) atoms. The second-order valence-corrected chi connectivity index (χ2v) is 8.92. The molecule has 1 amide bonds. The second-order valence-electron chi connectivity index (χ2n) is 5.92. The number of carbonyl (C=O) groups excluding carboxylic acids is 1. The molecule has 3 aromatic rings. The topological polar surface area (TPSA) is 88.2 Å². The van der Waals surface area contributed by atoms with E-state index in [1.807, 2.05) is 19.1 Å². The zero-order chi connectivity index (χ0) is 19.4. The van der Waals surface area contributed by atoms with Crippen LogP contribution in [-0.4, -0.2) is 25.9 Å². The maximum atomic E-state index is 12.9. The molecule has 2 aromatic carbocycles. The lowest BCUT2D eigenvalue weighted by atomic mass is 10.2. The van der Waals surface area contributed by atoms with Crippen molar-refractivity contribution in [3.05, 3.63) is 53.3 Å². The number of nitrogens with one attached hydrogen (secondary N) is 2. The average Bonchev–Trinajstić information content (AvgIpc) is 2.98. The Kier molecular flexibility index (Phi) is 5.83. The van der Waals surface area contributed by atoms with Gasteiger partial charge in [0.2, 0.25) is 15.9 Å². The SMILES string of the molecule is Cc1nc2ccc(NC(=O)CCCNS(=O)(=O)c3ccc(F)cc3)cc2s1. The largest absolute Gasteiger partial charge is 0.326 e. The van der Waals surface area contributed by atoms with Crippen LogP contribution in [0.1, 0.15) is 17.8 Å². The number of halogens is 1. The van der Waals surface area contributed by atoms with Gasteiger partial charge in [0.25, 0.3) is 0 Å². The molecular formula is C18H18FN3O3S2. The number of rotatable bonds is 7. The van der Waals surface area contributed by atoms with Gasteiger partial charge in [-0.05, 0) is 55.8 Å². The van der Waals surface area contributed by atoms with Crippen molar-refractivity contribution in [3.63, 3.8) is 0 Å². The zero-order valence-electron chi connectivity index (χ0n) is 14.5. The lowest BCUT2D eigenvalue weighted by Gasteiger charge is -2.07. The molecule has 1 aromatic heterocycles. The Hall–Kier alpha value is -2.36. The van der Waals surface area contributed by atoms with Gasteiger partial charge in [0.05, 0.1) is 20.1 Å². The fourth-order valence-corrected chi connectivity index (χ4v) is 4.43. The lowest BCUT2D eigenvalue weighted by molar-refractivity contribution is -0.116. The predicted octanol–water partition coefficient (Wildman–Crippen LogP) is 3.44. The Labute approximate surface area is 160 Å². The highest BCUT2D eigenvalue weighted by atomic mass is 32.2. The van der Waals surface area contributed by atoms with Crippen molar-refractivity contribution in [2.75, 3.05) is 11.9 Å². The first-order chi connectivity index (χ1) is 12.8. The van der Waals surface area contributed by atoms with Crippen LogP contribution in [0.4, 0.5) is 10.1 Å². The highest BCUT2D eigenvalue weighted by molar-refractivity contribution is 7.89. The predicted molar refractivity (Wildman–Crippen MR) is 104 cm³/mol. The first-order valence-corrected chi connectivity index (χ1v) is 10.6. The normalized spacial score (nSPS) is 11.6. The number of fused-ring (bicyclic) bond motifs is 1. The van der Waals surface area contributed by atoms with E-state index in [-0.39, 0.29) is 23.8 Å². The summed E-state index contributed by atoms with van der Waals surface area (Å²) in [4.78, 5) is 16.4. The summed E-state index contributed by atoms with van der Waals surface area (Å²) in [5, 5.41) is 3.76. The Bertz CT molecular complexity index is 1060. The van der Waals surface area contributed by atoms with Gasteiger partial charge in [-0.1, -0.05) is 0 Å². The summed E-state index contributed by atoms with van der Waals surface area (Å²) in [5.74, 6) is -0.700. The van der Waals surface area contributed by atoms with Gasteiger partial charge in [0.15, 0.2) is 0 Å². The van der Waals surface area contributed by atoms with Crippen LogP contribution in [0, 0.1) is 12.7 Å². The molecule has 142 valence electrons. The van der Waals surface area contributed by atoms with Crippen molar-refractivity contribution in [2.24, 2.45) is 0 Å². The molecule has 1 heterocycles. The van der Waals surface area contributed by atoms with Crippen LogP contribution in [0.25, 0.3) is 10.2 Å². The number of nitrogens with zero attached hydrogens (tertiary/aromatic N) is 1. The average molecular weight is 407 g/mol. The number of hydrogen-bond donors (Lipinski definition) is 2. The zero-order valence-corrected chi connectivity index (χ0v) is 16.2. The summed E-state index contributed by atoms with van der Waals surface area (Å²) in [7, 11) is -3.71. The molecule has 3 rings (SSSR count). The maximum Gasteiger partial charge on any atom is 0.240 e. The van der Waals surface area contributed by atoms with E-state index in [2.05, 4.69) is 15.0 Å². The molecule has 0 aliphatic carbocycles. The fraction of sp³-hybridized carbons (Fsp3) is 0.222. The number of anilines is 1. The molecule has 0 unspecified atom stereocenters. The third-order valence-corrected chi connectivity index (χ3v) is 6.19. The van der Waals surface area contributed by atoms with Crippen LogP contribution in [0.15, 0.2) is 47.4 Å². The van der Waals surface area contributed by atoms with Crippen molar-refractivity contribution in [2.45, 2.75) is 24.7 Å². The summed E-state index contributed by atoms with van der Waals surface area (Å²) < 4.78 is 40.4. The molecule has 2 N–H and O–H groups in total. The van der Waals surface area contributed by atoms with Crippen LogP contribution in [-0.2, 0) is 14.8 Å². The van der Waals surface area contributed by atoms with Gasteiger partial charge in [-0.15, -0.1) is 11.3 Å². The molecule has 6 nitrogen and oxygen atoms in total. The quantitative estimate of drug-likeness (QED) is 0.587. The summed E-state index contributed by atoms with van der Waals surface area (Å²) in [5.41, 5.74) is 1.58. The van der Waals surface area contributed by atoms with E-state index in [0.717, 1.165) is 27.4 Å². The molecule has 0 saturated heterocycles. The minimum absolute atomic E-state index is 0.0125. The van der Waals surface area contributed by atoms with Gasteiger partial charge in [-0.25, -0.2) is 22.5 Å². The van der Waals surface area contributed by atoms with E-state index >= 15 is 0 Å². The van der Waals surface area contributed by atoms with Crippen molar-refractivity contribution in [1.82, 2.24) is 9.71 Å². The first kappa shape index (κ1) is 19.4. The standard InChI is InChI=1S/C18H18FN3O3S2/c1-12-21-16-9-6-14(11-17(16)26-12)22-18(23)3-2-10-20-27(24,25)15-7-4-13(19)5-8-15/h4-9,11,20H,2-3,10H2,1H3,(H,22,23). The number of benzene rings is 2. The Morgan fingerprint density at radius 1 is 1.19 bits per heavy atom. The monoisotopic (exact) mass is 407 g/mol. The molecular weight excluding hydrogens is 389 g/mol. The Balaban J connectivity index is 1.48. The number of hydrogen-bond acceptors (Lipinski definition) is 5. The summed E-state index contributed by atoms with van der Waals surface area (Å²) in [6, 6.07) is 10.1. The molecule has 0 atom stereocenters. The molecule has 0 aliphatic rings. The van der Waals surface area contributed by atoms with Gasteiger partial charge in [0, 0.05) is 18.7 Å². The minimum Gasteiger partial charge on any atom is -0.326 e. The number of aryl methyl sites for hydroxylation is 1. The lowest BCUT2D eigenvalue weighted by Crippen LogP contribution is -2.25. The molecule has 0 aliphatic heterocycles. The van der Waals surface area contributed by atoms with Gasteiger partial charge >= 0.3 is 0 Å². The van der Waals surface area contributed by atoms with E-state index in [1.165, 1.54) is 12.1 Å². The molecule has 0 fully saturated rings. The first-order valence-electron chi connectivity index (χ1n) is 8.26. The number of aromatic nitrogens is 1. The number of sulfonamides is 1. The van der Waals surface area contributed by atoms with Crippen molar-refractivity contribution in [3.8, 4) is 0 Å². The number of thiazole rings is 1. The fourth-order valence-electron chi connectivity index (χ4n) is 2.49. The van der Waals surface area contributed by atoms with Crippen LogP contribution >= 0.6 is 11.3 Å². The van der Waals surface area contributed by atoms with Crippen molar-refractivity contribution in [1.29, 1.82) is 0 Å². The van der Waals surface area contributed by atoms with E-state index in [1.54, 1.807) is 17.4 Å². The van der Waals surface area contributed by atoms with E-state index in [4.69, 9.17) is 0 Å². The molecule has 9 heteroatoms. The van der Waals surface area contributed by atoms with Crippen LogP contribution in [0.5, 0.6) is 0 Å². The molecule has 0 spiro atoms. The summed E-state index contributed by atoms with van der Waals surface area (Å²) >= 11 is 1.55. The van der Waals surface area contributed by atoms with Crippen LogP contribution in [0.2, 0.25) is 0 Å². The van der Waals surface area contributed by atoms with E-state index in [9.17, 15) is 17.6 Å². The smallest absolute Gasteiger partial charge is 0.240 e. The molecule has 0 bridgehead atoms. The highest BCUT2D eigenvalue weighted by Crippen LogP contribution is 2.24. The Morgan fingerprint density at radius 3 is 2.67 bits per heavy atom. The van der Waals surface area contributed by atoms with Gasteiger partial charge in [-0.2, -0.15) is 0 Å².